The molecule has 0 aromatic carbocycles. The standard InChI is InChI=1S/C8H11NO2/c1-8(2,3)9-6-4-5-7(10)11-6/h4-5H,1-3H3/b9-6-. The van der Waals surface area contributed by atoms with Gasteiger partial charge in [-0.3, -0.25) is 0 Å². The van der Waals surface area contributed by atoms with Crippen LogP contribution in [-0.4, -0.2) is 17.4 Å². The summed E-state index contributed by atoms with van der Waals surface area (Å²) in [4.78, 5) is 14.7. The van der Waals surface area contributed by atoms with E-state index in [0.717, 1.165) is 0 Å². The van der Waals surface area contributed by atoms with Crippen LogP contribution in [-0.2, 0) is 9.53 Å². The third-order valence-electron chi connectivity index (χ3n) is 1.01. The molecule has 0 bridgehead atoms. The van der Waals surface area contributed by atoms with Crippen molar-refractivity contribution in [2.45, 2.75) is 26.3 Å². The summed E-state index contributed by atoms with van der Waals surface area (Å²) in [7, 11) is 0. The second-order valence-electron chi connectivity index (χ2n) is 3.38. The molecule has 0 radical (unpaired) electrons. The maximum absolute atomic E-state index is 10.5. The zero-order valence-corrected chi connectivity index (χ0v) is 6.92. The van der Waals surface area contributed by atoms with Crippen LogP contribution >= 0.6 is 0 Å². The summed E-state index contributed by atoms with van der Waals surface area (Å²) in [5.74, 6) is 0.0653. The molecule has 0 spiro atoms. The Hall–Kier alpha value is -1.12. The van der Waals surface area contributed by atoms with Crippen LogP contribution in [0.3, 0.4) is 0 Å². The van der Waals surface area contributed by atoms with E-state index in [1.54, 1.807) is 6.08 Å². The number of rotatable bonds is 0. The molecule has 1 rings (SSSR count). The van der Waals surface area contributed by atoms with Gasteiger partial charge in [0.25, 0.3) is 0 Å². The van der Waals surface area contributed by atoms with E-state index < -0.39 is 0 Å². The maximum Gasteiger partial charge on any atom is 0.337 e. The normalized spacial score (nSPS) is 21.0. The molecule has 1 aliphatic heterocycles. The molecule has 0 unspecified atom stereocenters. The van der Waals surface area contributed by atoms with E-state index in [1.165, 1.54) is 6.08 Å². The average molecular weight is 153 g/mol. The minimum absolute atomic E-state index is 0.190. The van der Waals surface area contributed by atoms with Crippen LogP contribution in [0.5, 0.6) is 0 Å². The van der Waals surface area contributed by atoms with Crippen LogP contribution in [0, 0.1) is 0 Å². The zero-order chi connectivity index (χ0) is 8.48. The Morgan fingerprint density at radius 2 is 2.00 bits per heavy atom. The van der Waals surface area contributed by atoms with Crippen molar-refractivity contribution < 1.29 is 9.53 Å². The molecular formula is C8H11NO2. The number of carbonyl (C=O) groups is 1. The molecule has 1 aliphatic rings. The van der Waals surface area contributed by atoms with Gasteiger partial charge in [-0.25, -0.2) is 9.79 Å². The van der Waals surface area contributed by atoms with E-state index in [2.05, 4.69) is 4.99 Å². The van der Waals surface area contributed by atoms with Crippen LogP contribution in [0.15, 0.2) is 17.1 Å². The third-order valence-corrected chi connectivity index (χ3v) is 1.01. The van der Waals surface area contributed by atoms with Gasteiger partial charge in [0.2, 0.25) is 5.90 Å². The molecule has 0 amide bonds. The number of aliphatic imine (C=N–C) groups is 1. The SMILES string of the molecule is CC(C)(C)/N=C1/C=CC(=O)O1. The van der Waals surface area contributed by atoms with Gasteiger partial charge in [0.05, 0.1) is 5.54 Å². The number of esters is 1. The lowest BCUT2D eigenvalue weighted by molar-refractivity contribution is -0.129. The number of hydrogen-bond donors (Lipinski definition) is 0. The van der Waals surface area contributed by atoms with Crippen molar-refractivity contribution in [1.82, 2.24) is 0 Å². The average Bonchev–Trinajstić information content (AvgIpc) is 2.10. The molecule has 0 N–H and O–H groups in total. The minimum Gasteiger partial charge on any atom is -0.405 e. The summed E-state index contributed by atoms with van der Waals surface area (Å²) < 4.78 is 4.74. The number of carbonyl (C=O) groups excluding carboxylic acids is 1. The Morgan fingerprint density at radius 1 is 1.36 bits per heavy atom. The molecule has 0 atom stereocenters. The first-order chi connectivity index (χ1) is 4.97. The van der Waals surface area contributed by atoms with Crippen LogP contribution in [0.1, 0.15) is 20.8 Å². The molecule has 3 nitrogen and oxygen atoms in total. The van der Waals surface area contributed by atoms with E-state index in [0.29, 0.717) is 5.90 Å². The van der Waals surface area contributed by atoms with E-state index in [1.807, 2.05) is 20.8 Å². The first kappa shape index (κ1) is 7.98. The zero-order valence-electron chi connectivity index (χ0n) is 6.92. The van der Waals surface area contributed by atoms with Crippen molar-refractivity contribution in [2.75, 3.05) is 0 Å². The van der Waals surface area contributed by atoms with Crippen molar-refractivity contribution in [3.05, 3.63) is 12.2 Å². The fraction of sp³-hybridized carbons (Fsp3) is 0.500. The van der Waals surface area contributed by atoms with Gasteiger partial charge in [-0.05, 0) is 20.8 Å². The molecule has 3 heteroatoms. The van der Waals surface area contributed by atoms with Crippen LogP contribution < -0.4 is 0 Å². The molecule has 0 aliphatic carbocycles. The van der Waals surface area contributed by atoms with E-state index in [-0.39, 0.29) is 11.5 Å². The second-order valence-corrected chi connectivity index (χ2v) is 3.38. The Labute approximate surface area is 65.8 Å². The molecule has 1 heterocycles. The summed E-state index contributed by atoms with van der Waals surface area (Å²) in [6.45, 7) is 5.83. The van der Waals surface area contributed by atoms with Gasteiger partial charge >= 0.3 is 5.97 Å². The fourth-order valence-electron chi connectivity index (χ4n) is 0.701. The largest absolute Gasteiger partial charge is 0.405 e. The van der Waals surface area contributed by atoms with Crippen molar-refractivity contribution in [3.8, 4) is 0 Å². The smallest absolute Gasteiger partial charge is 0.337 e. The number of hydrogen-bond acceptors (Lipinski definition) is 3. The fourth-order valence-corrected chi connectivity index (χ4v) is 0.701. The highest BCUT2D eigenvalue weighted by atomic mass is 16.5. The van der Waals surface area contributed by atoms with E-state index in [9.17, 15) is 4.79 Å². The summed E-state index contributed by atoms with van der Waals surface area (Å²) >= 11 is 0. The molecule has 0 aromatic rings. The molecule has 0 fully saturated rings. The summed E-state index contributed by atoms with van der Waals surface area (Å²) in [6, 6.07) is 0. The number of cyclic esters (lactones) is 1. The highest BCUT2D eigenvalue weighted by Crippen LogP contribution is 2.09. The van der Waals surface area contributed by atoms with Gasteiger partial charge in [-0.15, -0.1) is 0 Å². The van der Waals surface area contributed by atoms with Crippen molar-refractivity contribution in [2.24, 2.45) is 4.99 Å². The van der Waals surface area contributed by atoms with Crippen molar-refractivity contribution in [1.29, 1.82) is 0 Å². The molecular weight excluding hydrogens is 142 g/mol. The van der Waals surface area contributed by atoms with Gasteiger partial charge in [0.1, 0.15) is 0 Å². The third kappa shape index (κ3) is 2.53. The van der Waals surface area contributed by atoms with Crippen LogP contribution in [0.4, 0.5) is 0 Å². The molecule has 0 saturated carbocycles. The van der Waals surface area contributed by atoms with Gasteiger partial charge in [-0.1, -0.05) is 0 Å². The van der Waals surface area contributed by atoms with Gasteiger partial charge < -0.3 is 4.74 Å². The maximum atomic E-state index is 10.5. The van der Waals surface area contributed by atoms with Gasteiger partial charge in [0, 0.05) is 12.2 Å². The summed E-state index contributed by atoms with van der Waals surface area (Å²) in [6.07, 6.45) is 2.94. The monoisotopic (exact) mass is 153 g/mol. The topological polar surface area (TPSA) is 38.7 Å². The lowest BCUT2D eigenvalue weighted by Gasteiger charge is -2.11. The minimum atomic E-state index is -0.340. The quantitative estimate of drug-likeness (QED) is 0.492. The van der Waals surface area contributed by atoms with Crippen molar-refractivity contribution in [3.63, 3.8) is 0 Å². The van der Waals surface area contributed by atoms with Crippen LogP contribution in [0.25, 0.3) is 0 Å². The van der Waals surface area contributed by atoms with Crippen molar-refractivity contribution >= 4 is 11.9 Å². The lowest BCUT2D eigenvalue weighted by atomic mass is 10.1. The molecule has 60 valence electrons. The van der Waals surface area contributed by atoms with Gasteiger partial charge in [0.15, 0.2) is 0 Å². The van der Waals surface area contributed by atoms with Gasteiger partial charge in [-0.2, -0.15) is 0 Å². The Bertz CT molecular complexity index is 233. The molecule has 11 heavy (non-hydrogen) atoms. The Kier molecular flexibility index (Phi) is 1.81. The number of ether oxygens (including phenoxy) is 1. The summed E-state index contributed by atoms with van der Waals surface area (Å²) in [5, 5.41) is 0. The predicted octanol–water partition coefficient (Wildman–Crippen LogP) is 1.30. The lowest BCUT2D eigenvalue weighted by Crippen LogP contribution is -2.14. The Morgan fingerprint density at radius 3 is 2.36 bits per heavy atom. The highest BCUT2D eigenvalue weighted by molar-refractivity contribution is 6.07. The molecule has 0 saturated heterocycles. The Balaban J connectivity index is 2.71. The highest BCUT2D eigenvalue weighted by Gasteiger charge is 2.15. The number of nitrogens with zero attached hydrogens (tertiary/aromatic N) is 1. The second kappa shape index (κ2) is 2.49. The molecule has 0 aromatic heterocycles. The summed E-state index contributed by atoms with van der Waals surface area (Å²) in [5.41, 5.74) is -0.190. The first-order valence-electron chi connectivity index (χ1n) is 3.47. The first-order valence-corrected chi connectivity index (χ1v) is 3.47. The van der Waals surface area contributed by atoms with E-state index >= 15 is 0 Å². The van der Waals surface area contributed by atoms with E-state index in [4.69, 9.17) is 4.74 Å². The van der Waals surface area contributed by atoms with Crippen LogP contribution in [0.2, 0.25) is 0 Å². The predicted molar refractivity (Wildman–Crippen MR) is 42.4 cm³/mol.